The Morgan fingerprint density at radius 1 is 1.23 bits per heavy atom. The SMILES string of the molecule is CC.CCCCCNC(=O)C(C)C. The Morgan fingerprint density at radius 2 is 1.77 bits per heavy atom. The zero-order chi connectivity index (χ0) is 10.7. The topological polar surface area (TPSA) is 29.1 Å². The quantitative estimate of drug-likeness (QED) is 0.659. The first-order valence-corrected chi connectivity index (χ1v) is 5.46. The van der Waals surface area contributed by atoms with Crippen molar-refractivity contribution in [3.05, 3.63) is 0 Å². The Bertz CT molecular complexity index is 111. The summed E-state index contributed by atoms with van der Waals surface area (Å²) < 4.78 is 0. The van der Waals surface area contributed by atoms with Gasteiger partial charge in [0.05, 0.1) is 0 Å². The number of hydrogen-bond acceptors (Lipinski definition) is 1. The summed E-state index contributed by atoms with van der Waals surface area (Å²) in [7, 11) is 0. The second-order valence-corrected chi connectivity index (χ2v) is 3.15. The summed E-state index contributed by atoms with van der Waals surface area (Å²) in [6, 6.07) is 0. The van der Waals surface area contributed by atoms with Gasteiger partial charge in [-0.1, -0.05) is 47.5 Å². The Balaban J connectivity index is 0. The van der Waals surface area contributed by atoms with E-state index in [0.717, 1.165) is 13.0 Å². The first kappa shape index (κ1) is 15.0. The summed E-state index contributed by atoms with van der Waals surface area (Å²) in [4.78, 5) is 11.0. The number of nitrogens with one attached hydrogen (secondary N) is 1. The van der Waals surface area contributed by atoms with Crippen LogP contribution in [0.5, 0.6) is 0 Å². The lowest BCUT2D eigenvalue weighted by atomic mass is 10.2. The zero-order valence-corrected chi connectivity index (χ0v) is 9.81. The van der Waals surface area contributed by atoms with Gasteiger partial charge in [0.15, 0.2) is 0 Å². The van der Waals surface area contributed by atoms with Gasteiger partial charge in [0.1, 0.15) is 0 Å². The van der Waals surface area contributed by atoms with E-state index in [9.17, 15) is 4.79 Å². The van der Waals surface area contributed by atoms with Crippen LogP contribution in [0.3, 0.4) is 0 Å². The van der Waals surface area contributed by atoms with Crippen LogP contribution in [0.25, 0.3) is 0 Å². The normalized spacial score (nSPS) is 9.08. The highest BCUT2D eigenvalue weighted by Gasteiger charge is 2.03. The lowest BCUT2D eigenvalue weighted by Crippen LogP contribution is -2.28. The van der Waals surface area contributed by atoms with Crippen molar-refractivity contribution >= 4 is 5.91 Å². The highest BCUT2D eigenvalue weighted by atomic mass is 16.1. The van der Waals surface area contributed by atoms with E-state index in [1.165, 1.54) is 12.8 Å². The van der Waals surface area contributed by atoms with Gasteiger partial charge in [0, 0.05) is 12.5 Å². The van der Waals surface area contributed by atoms with Crippen molar-refractivity contribution in [1.82, 2.24) is 5.32 Å². The van der Waals surface area contributed by atoms with Crippen LogP contribution in [0, 0.1) is 5.92 Å². The number of unbranched alkanes of at least 4 members (excludes halogenated alkanes) is 2. The lowest BCUT2D eigenvalue weighted by molar-refractivity contribution is -0.123. The average molecular weight is 187 g/mol. The second-order valence-electron chi connectivity index (χ2n) is 3.15. The molecule has 2 nitrogen and oxygen atoms in total. The maximum atomic E-state index is 11.0. The minimum Gasteiger partial charge on any atom is -0.356 e. The fourth-order valence-electron chi connectivity index (χ4n) is 0.791. The van der Waals surface area contributed by atoms with Crippen molar-refractivity contribution in [2.45, 2.75) is 53.9 Å². The molecule has 0 fully saturated rings. The van der Waals surface area contributed by atoms with Crippen LogP contribution < -0.4 is 5.32 Å². The fraction of sp³-hybridized carbons (Fsp3) is 0.909. The van der Waals surface area contributed by atoms with Gasteiger partial charge >= 0.3 is 0 Å². The number of amides is 1. The standard InChI is InChI=1S/C9H19NO.C2H6/c1-4-5-6-7-10-9(11)8(2)3;1-2/h8H,4-7H2,1-3H3,(H,10,11);1-2H3. The molecule has 1 amide bonds. The predicted molar refractivity (Wildman–Crippen MR) is 58.7 cm³/mol. The van der Waals surface area contributed by atoms with Gasteiger partial charge in [-0.3, -0.25) is 4.79 Å². The van der Waals surface area contributed by atoms with Crippen molar-refractivity contribution in [3.63, 3.8) is 0 Å². The lowest BCUT2D eigenvalue weighted by Gasteiger charge is -2.06. The van der Waals surface area contributed by atoms with Crippen LogP contribution in [0.4, 0.5) is 0 Å². The molecule has 0 aliphatic heterocycles. The fourth-order valence-corrected chi connectivity index (χ4v) is 0.791. The van der Waals surface area contributed by atoms with E-state index in [1.54, 1.807) is 0 Å². The Hall–Kier alpha value is -0.530. The third-order valence-electron chi connectivity index (χ3n) is 1.60. The molecular weight excluding hydrogens is 162 g/mol. The largest absolute Gasteiger partial charge is 0.356 e. The minimum absolute atomic E-state index is 0.122. The minimum atomic E-state index is 0.122. The molecule has 0 aromatic rings. The molecule has 0 unspecified atom stereocenters. The summed E-state index contributed by atoms with van der Waals surface area (Å²) in [6.07, 6.45) is 3.52. The molecule has 0 atom stereocenters. The maximum Gasteiger partial charge on any atom is 0.222 e. The van der Waals surface area contributed by atoms with Crippen LogP contribution in [-0.2, 0) is 4.79 Å². The summed E-state index contributed by atoms with van der Waals surface area (Å²) in [6.45, 7) is 10.8. The van der Waals surface area contributed by atoms with E-state index in [4.69, 9.17) is 0 Å². The first-order chi connectivity index (χ1) is 6.18. The first-order valence-electron chi connectivity index (χ1n) is 5.46. The Labute approximate surface area is 83.1 Å². The molecule has 80 valence electrons. The summed E-state index contributed by atoms with van der Waals surface area (Å²) >= 11 is 0. The third-order valence-corrected chi connectivity index (χ3v) is 1.60. The van der Waals surface area contributed by atoms with Crippen LogP contribution in [0.2, 0.25) is 0 Å². The van der Waals surface area contributed by atoms with Crippen LogP contribution in [-0.4, -0.2) is 12.5 Å². The maximum absolute atomic E-state index is 11.0. The molecule has 0 bridgehead atoms. The van der Waals surface area contributed by atoms with E-state index in [1.807, 2.05) is 27.7 Å². The Kier molecular flexibility index (Phi) is 13.2. The predicted octanol–water partition coefficient (Wildman–Crippen LogP) is 2.98. The molecule has 0 aliphatic carbocycles. The van der Waals surface area contributed by atoms with Crippen molar-refractivity contribution < 1.29 is 4.79 Å². The molecule has 0 rings (SSSR count). The molecule has 0 spiro atoms. The van der Waals surface area contributed by atoms with Crippen molar-refractivity contribution in [2.24, 2.45) is 5.92 Å². The molecule has 13 heavy (non-hydrogen) atoms. The molecule has 0 saturated carbocycles. The van der Waals surface area contributed by atoms with Gasteiger partial charge in [0.2, 0.25) is 5.91 Å². The van der Waals surface area contributed by atoms with Gasteiger partial charge in [-0.2, -0.15) is 0 Å². The highest BCUT2D eigenvalue weighted by molar-refractivity contribution is 5.77. The average Bonchev–Trinajstić information content (AvgIpc) is 2.15. The van der Waals surface area contributed by atoms with E-state index in [-0.39, 0.29) is 11.8 Å². The van der Waals surface area contributed by atoms with Crippen LogP contribution in [0.15, 0.2) is 0 Å². The van der Waals surface area contributed by atoms with Crippen LogP contribution >= 0.6 is 0 Å². The van der Waals surface area contributed by atoms with Gasteiger partial charge in [0.25, 0.3) is 0 Å². The summed E-state index contributed by atoms with van der Waals surface area (Å²) in [5.74, 6) is 0.290. The third kappa shape index (κ3) is 11.5. The van der Waals surface area contributed by atoms with E-state index >= 15 is 0 Å². The van der Waals surface area contributed by atoms with Crippen molar-refractivity contribution in [3.8, 4) is 0 Å². The molecule has 2 heteroatoms. The van der Waals surface area contributed by atoms with Crippen LogP contribution in [0.1, 0.15) is 53.9 Å². The van der Waals surface area contributed by atoms with Gasteiger partial charge < -0.3 is 5.32 Å². The van der Waals surface area contributed by atoms with E-state index in [2.05, 4.69) is 12.2 Å². The molecule has 1 N–H and O–H groups in total. The number of hydrogen-bond donors (Lipinski definition) is 1. The van der Waals surface area contributed by atoms with Crippen molar-refractivity contribution in [2.75, 3.05) is 6.54 Å². The highest BCUT2D eigenvalue weighted by Crippen LogP contribution is 1.93. The number of carbonyl (C=O) groups is 1. The molecule has 0 heterocycles. The molecule has 0 radical (unpaired) electrons. The van der Waals surface area contributed by atoms with Gasteiger partial charge in [-0.15, -0.1) is 0 Å². The second kappa shape index (κ2) is 11.5. The summed E-state index contributed by atoms with van der Waals surface area (Å²) in [5.41, 5.74) is 0. The van der Waals surface area contributed by atoms with Gasteiger partial charge in [-0.25, -0.2) is 0 Å². The molecule has 0 saturated heterocycles. The molecule has 0 aromatic carbocycles. The number of rotatable bonds is 5. The number of carbonyl (C=O) groups excluding carboxylic acids is 1. The van der Waals surface area contributed by atoms with Crippen molar-refractivity contribution in [1.29, 1.82) is 0 Å². The summed E-state index contributed by atoms with van der Waals surface area (Å²) in [5, 5.41) is 2.88. The van der Waals surface area contributed by atoms with E-state index in [0.29, 0.717) is 0 Å². The monoisotopic (exact) mass is 187 g/mol. The Morgan fingerprint density at radius 3 is 2.15 bits per heavy atom. The van der Waals surface area contributed by atoms with Gasteiger partial charge in [-0.05, 0) is 6.42 Å². The smallest absolute Gasteiger partial charge is 0.222 e. The molecule has 0 aliphatic rings. The molecular formula is C11H25NO. The zero-order valence-electron chi connectivity index (χ0n) is 9.81. The van der Waals surface area contributed by atoms with E-state index < -0.39 is 0 Å². The molecule has 0 aromatic heterocycles.